The number of hydrogen-bond donors (Lipinski definition) is 3. The standard InChI is InChI=1S/C29H27F2N3O4/c1-17(32)28(37)34(29(38)26(35)21-12-22(30)16-23(31)13-21)25-15-20(18-8-4-2-5-9-18)14-24(33-27(25)36)19-10-6-3-7-11-19/h2-14,16-17,24-26,35H,15,32H2,1H3,(H,33,36)/t17-,24-,25-,26+/m0/s1. The van der Waals surface area contributed by atoms with Crippen molar-refractivity contribution in [2.24, 2.45) is 5.73 Å². The summed E-state index contributed by atoms with van der Waals surface area (Å²) < 4.78 is 27.6. The van der Waals surface area contributed by atoms with Gasteiger partial charge in [-0.05, 0) is 41.3 Å². The fourth-order valence-corrected chi connectivity index (χ4v) is 4.42. The third-order valence-corrected chi connectivity index (χ3v) is 6.30. The molecule has 4 rings (SSSR count). The molecule has 0 radical (unpaired) electrons. The number of halogens is 2. The molecule has 38 heavy (non-hydrogen) atoms. The molecular weight excluding hydrogens is 492 g/mol. The molecule has 3 amide bonds. The molecule has 1 aliphatic heterocycles. The summed E-state index contributed by atoms with van der Waals surface area (Å²) in [5.74, 6) is -4.81. The lowest BCUT2D eigenvalue weighted by Crippen LogP contribution is -2.56. The van der Waals surface area contributed by atoms with Crippen LogP contribution in [-0.2, 0) is 14.4 Å². The van der Waals surface area contributed by atoms with Gasteiger partial charge in [0.2, 0.25) is 11.8 Å². The number of carbonyl (C=O) groups excluding carboxylic acids is 3. The highest BCUT2D eigenvalue weighted by molar-refractivity contribution is 6.04. The zero-order chi connectivity index (χ0) is 27.4. The Bertz CT molecular complexity index is 1340. The fraction of sp³-hybridized carbons (Fsp3) is 0.207. The lowest BCUT2D eigenvalue weighted by molar-refractivity contribution is -0.157. The van der Waals surface area contributed by atoms with Crippen molar-refractivity contribution in [1.29, 1.82) is 0 Å². The zero-order valence-electron chi connectivity index (χ0n) is 20.6. The fourth-order valence-electron chi connectivity index (χ4n) is 4.42. The molecule has 0 bridgehead atoms. The molecule has 0 fully saturated rings. The molecule has 0 aromatic heterocycles. The molecule has 4 N–H and O–H groups in total. The molecule has 0 saturated heterocycles. The van der Waals surface area contributed by atoms with E-state index in [0.717, 1.165) is 23.3 Å². The van der Waals surface area contributed by atoms with E-state index < -0.39 is 59.1 Å². The topological polar surface area (TPSA) is 113 Å². The average Bonchev–Trinajstić information content (AvgIpc) is 3.07. The highest BCUT2D eigenvalue weighted by Crippen LogP contribution is 2.31. The maximum absolute atomic E-state index is 13.8. The summed E-state index contributed by atoms with van der Waals surface area (Å²) in [6.45, 7) is 1.34. The van der Waals surface area contributed by atoms with Crippen LogP contribution in [0.1, 0.15) is 42.2 Å². The Morgan fingerprint density at radius 3 is 2.13 bits per heavy atom. The van der Waals surface area contributed by atoms with Crippen molar-refractivity contribution in [1.82, 2.24) is 10.2 Å². The second kappa shape index (κ2) is 11.5. The van der Waals surface area contributed by atoms with E-state index in [0.29, 0.717) is 16.5 Å². The van der Waals surface area contributed by atoms with Crippen molar-refractivity contribution < 1.29 is 28.3 Å². The Morgan fingerprint density at radius 1 is 0.974 bits per heavy atom. The van der Waals surface area contributed by atoms with Gasteiger partial charge in [-0.15, -0.1) is 0 Å². The van der Waals surface area contributed by atoms with Crippen LogP contribution in [0.15, 0.2) is 84.9 Å². The van der Waals surface area contributed by atoms with Crippen LogP contribution in [0.2, 0.25) is 0 Å². The van der Waals surface area contributed by atoms with Crippen LogP contribution in [-0.4, -0.2) is 39.8 Å². The number of rotatable bonds is 6. The van der Waals surface area contributed by atoms with E-state index in [9.17, 15) is 28.3 Å². The first-order chi connectivity index (χ1) is 18.2. The molecule has 9 heteroatoms. The molecule has 0 saturated carbocycles. The summed E-state index contributed by atoms with van der Waals surface area (Å²) in [5, 5.41) is 13.6. The molecular formula is C29H27F2N3O4. The summed E-state index contributed by atoms with van der Waals surface area (Å²) in [5.41, 5.74) is 7.64. The lowest BCUT2D eigenvalue weighted by Gasteiger charge is -2.32. The van der Waals surface area contributed by atoms with E-state index in [4.69, 9.17) is 5.73 Å². The Labute approximate surface area is 218 Å². The molecule has 0 aliphatic carbocycles. The molecule has 0 unspecified atom stereocenters. The van der Waals surface area contributed by atoms with Gasteiger partial charge in [0.05, 0.1) is 12.1 Å². The number of imide groups is 1. The highest BCUT2D eigenvalue weighted by Gasteiger charge is 2.41. The van der Waals surface area contributed by atoms with E-state index in [1.807, 2.05) is 66.7 Å². The molecule has 4 atom stereocenters. The predicted octanol–water partition coefficient (Wildman–Crippen LogP) is 3.41. The van der Waals surface area contributed by atoms with Gasteiger partial charge >= 0.3 is 0 Å². The summed E-state index contributed by atoms with van der Waals surface area (Å²) in [6, 6.07) is 17.3. The van der Waals surface area contributed by atoms with Crippen LogP contribution in [0.3, 0.4) is 0 Å². The monoisotopic (exact) mass is 519 g/mol. The number of nitrogens with zero attached hydrogens (tertiary/aromatic N) is 1. The Balaban J connectivity index is 1.78. The van der Waals surface area contributed by atoms with Crippen molar-refractivity contribution in [2.75, 3.05) is 0 Å². The summed E-state index contributed by atoms with van der Waals surface area (Å²) in [4.78, 5) is 40.9. The zero-order valence-corrected chi connectivity index (χ0v) is 20.6. The Kier molecular flexibility index (Phi) is 8.09. The predicted molar refractivity (Wildman–Crippen MR) is 137 cm³/mol. The van der Waals surface area contributed by atoms with Crippen LogP contribution in [0.4, 0.5) is 8.78 Å². The number of carbonyl (C=O) groups is 3. The van der Waals surface area contributed by atoms with Gasteiger partial charge in [-0.2, -0.15) is 0 Å². The molecule has 3 aromatic carbocycles. The molecule has 1 aliphatic rings. The number of aliphatic hydroxyl groups is 1. The minimum absolute atomic E-state index is 0.0758. The van der Waals surface area contributed by atoms with Crippen molar-refractivity contribution >= 4 is 23.3 Å². The Hall–Kier alpha value is -4.21. The molecule has 1 heterocycles. The van der Waals surface area contributed by atoms with Crippen molar-refractivity contribution in [3.8, 4) is 0 Å². The first kappa shape index (κ1) is 26.8. The number of aliphatic hydroxyl groups excluding tert-OH is 1. The maximum Gasteiger partial charge on any atom is 0.263 e. The van der Waals surface area contributed by atoms with Gasteiger partial charge in [-0.3, -0.25) is 19.3 Å². The van der Waals surface area contributed by atoms with Gasteiger partial charge in [0.15, 0.2) is 6.10 Å². The van der Waals surface area contributed by atoms with Crippen molar-refractivity contribution in [2.45, 2.75) is 37.6 Å². The molecule has 0 spiro atoms. The van der Waals surface area contributed by atoms with E-state index in [2.05, 4.69) is 5.32 Å². The van der Waals surface area contributed by atoms with E-state index in [1.165, 1.54) is 6.92 Å². The quantitative estimate of drug-likeness (QED) is 0.462. The van der Waals surface area contributed by atoms with Gasteiger partial charge in [0.25, 0.3) is 5.91 Å². The minimum atomic E-state index is -2.12. The van der Waals surface area contributed by atoms with Gasteiger partial charge in [-0.1, -0.05) is 66.7 Å². The maximum atomic E-state index is 13.8. The SMILES string of the molecule is C[C@H](N)C(=O)N(C(=O)[C@H](O)c1cc(F)cc(F)c1)[C@H]1CC(c2ccccc2)=C[C@@H](c2ccccc2)NC1=O. The van der Waals surface area contributed by atoms with Crippen LogP contribution in [0, 0.1) is 11.6 Å². The third-order valence-electron chi connectivity index (χ3n) is 6.30. The van der Waals surface area contributed by atoms with Crippen LogP contribution < -0.4 is 11.1 Å². The van der Waals surface area contributed by atoms with Crippen molar-refractivity contribution in [3.63, 3.8) is 0 Å². The first-order valence-electron chi connectivity index (χ1n) is 12.0. The van der Waals surface area contributed by atoms with Crippen LogP contribution >= 0.6 is 0 Å². The lowest BCUT2D eigenvalue weighted by atomic mass is 9.95. The smallest absolute Gasteiger partial charge is 0.263 e. The number of amides is 3. The number of nitrogens with one attached hydrogen (secondary N) is 1. The first-order valence-corrected chi connectivity index (χ1v) is 12.0. The van der Waals surface area contributed by atoms with Crippen LogP contribution in [0.25, 0.3) is 5.57 Å². The summed E-state index contributed by atoms with van der Waals surface area (Å²) in [7, 11) is 0. The number of benzene rings is 3. The highest BCUT2D eigenvalue weighted by atomic mass is 19.1. The molecule has 3 aromatic rings. The van der Waals surface area contributed by atoms with Crippen molar-refractivity contribution in [3.05, 3.63) is 113 Å². The molecule has 196 valence electrons. The largest absolute Gasteiger partial charge is 0.378 e. The third kappa shape index (κ3) is 5.85. The summed E-state index contributed by atoms with van der Waals surface area (Å²) >= 11 is 0. The average molecular weight is 520 g/mol. The molecule has 7 nitrogen and oxygen atoms in total. The second-order valence-electron chi connectivity index (χ2n) is 9.12. The Morgan fingerprint density at radius 2 is 1.55 bits per heavy atom. The number of nitrogens with two attached hydrogens (primary N) is 1. The van der Waals surface area contributed by atoms with Gasteiger partial charge in [0, 0.05) is 12.5 Å². The second-order valence-corrected chi connectivity index (χ2v) is 9.12. The van der Waals surface area contributed by atoms with Gasteiger partial charge < -0.3 is 16.2 Å². The van der Waals surface area contributed by atoms with Gasteiger partial charge in [0.1, 0.15) is 17.7 Å². The van der Waals surface area contributed by atoms with Gasteiger partial charge in [-0.25, -0.2) is 8.78 Å². The normalized spacial score (nSPS) is 19.0. The number of hydrogen-bond acceptors (Lipinski definition) is 5. The minimum Gasteiger partial charge on any atom is -0.378 e. The summed E-state index contributed by atoms with van der Waals surface area (Å²) in [6.07, 6.45) is -0.346. The van der Waals surface area contributed by atoms with E-state index >= 15 is 0 Å². The van der Waals surface area contributed by atoms with E-state index in [-0.39, 0.29) is 6.42 Å². The van der Waals surface area contributed by atoms with Crippen LogP contribution in [0.5, 0.6) is 0 Å². The van der Waals surface area contributed by atoms with E-state index in [1.54, 1.807) is 0 Å².